The summed E-state index contributed by atoms with van der Waals surface area (Å²) in [5.74, 6) is -0.427. The lowest BCUT2D eigenvalue weighted by atomic mass is 10.5. The van der Waals surface area contributed by atoms with Gasteiger partial charge in [-0.25, -0.2) is 0 Å². The Morgan fingerprint density at radius 2 is 2.27 bits per heavy atom. The maximum atomic E-state index is 10.5. The molecule has 5 nitrogen and oxygen atoms in total. The highest BCUT2D eigenvalue weighted by molar-refractivity contribution is 7.32. The van der Waals surface area contributed by atoms with Gasteiger partial charge in [-0.05, 0) is 6.92 Å². The molecule has 0 fully saturated rings. The molecule has 1 unspecified atom stereocenters. The molecular weight excluding hydrogens is 171 g/mol. The molecule has 0 aromatic rings. The van der Waals surface area contributed by atoms with Crippen LogP contribution in [0.3, 0.4) is 0 Å². The third-order valence-corrected chi connectivity index (χ3v) is 1.22. The van der Waals surface area contributed by atoms with Crippen molar-refractivity contribution in [3.8, 4) is 0 Å². The lowest BCUT2D eigenvalue weighted by Gasteiger charge is -1.96. The van der Waals surface area contributed by atoms with E-state index < -0.39 is 14.2 Å². The summed E-state index contributed by atoms with van der Waals surface area (Å²) < 4.78 is 18.7. The number of carbonyl (C=O) groups is 1. The standard InChI is InChI=1S/C5H9O5P/c1-2-9-5(6)3-4-10-11(7)8/h2-4H2,1H3/p+1. The van der Waals surface area contributed by atoms with Crippen molar-refractivity contribution in [3.63, 3.8) is 0 Å². The number of hydrogen-bond acceptors (Lipinski definition) is 4. The Morgan fingerprint density at radius 1 is 1.64 bits per heavy atom. The monoisotopic (exact) mass is 181 g/mol. The van der Waals surface area contributed by atoms with E-state index in [-0.39, 0.29) is 13.0 Å². The summed E-state index contributed by atoms with van der Waals surface area (Å²) in [5.41, 5.74) is 0. The van der Waals surface area contributed by atoms with Crippen LogP contribution in [0.25, 0.3) is 0 Å². The van der Waals surface area contributed by atoms with Gasteiger partial charge in [0.15, 0.2) is 0 Å². The van der Waals surface area contributed by atoms with Crippen LogP contribution in [0.2, 0.25) is 0 Å². The van der Waals surface area contributed by atoms with Gasteiger partial charge in [0.1, 0.15) is 6.61 Å². The van der Waals surface area contributed by atoms with Crippen molar-refractivity contribution in [1.82, 2.24) is 0 Å². The number of hydrogen-bond donors (Lipinski definition) is 1. The Bertz CT molecular complexity index is 146. The largest absolute Gasteiger partial charge is 0.694 e. The zero-order valence-corrected chi connectivity index (χ0v) is 7.04. The van der Waals surface area contributed by atoms with E-state index in [9.17, 15) is 9.36 Å². The van der Waals surface area contributed by atoms with Crippen LogP contribution in [0.1, 0.15) is 13.3 Å². The second-order valence-electron chi connectivity index (χ2n) is 1.63. The van der Waals surface area contributed by atoms with Crippen molar-refractivity contribution >= 4 is 14.2 Å². The van der Waals surface area contributed by atoms with E-state index in [0.29, 0.717) is 6.61 Å². The van der Waals surface area contributed by atoms with Gasteiger partial charge in [0.05, 0.1) is 13.0 Å². The summed E-state index contributed by atoms with van der Waals surface area (Å²) in [6.07, 6.45) is 0.00940. The number of carbonyl (C=O) groups excluding carboxylic acids is 1. The van der Waals surface area contributed by atoms with E-state index in [4.69, 9.17) is 4.89 Å². The lowest BCUT2D eigenvalue weighted by Crippen LogP contribution is -2.06. The van der Waals surface area contributed by atoms with Crippen LogP contribution in [0.5, 0.6) is 0 Å². The molecule has 0 aliphatic heterocycles. The molecule has 0 saturated heterocycles. The molecule has 0 aliphatic carbocycles. The van der Waals surface area contributed by atoms with Crippen molar-refractivity contribution in [2.75, 3.05) is 13.2 Å². The van der Waals surface area contributed by atoms with Crippen LogP contribution in [-0.2, 0) is 18.6 Å². The van der Waals surface area contributed by atoms with Crippen LogP contribution in [-0.4, -0.2) is 24.1 Å². The highest BCUT2D eigenvalue weighted by Gasteiger charge is 2.13. The van der Waals surface area contributed by atoms with Gasteiger partial charge in [-0.1, -0.05) is 0 Å². The number of ether oxygens (including phenoxy) is 1. The first kappa shape index (κ1) is 10.5. The van der Waals surface area contributed by atoms with E-state index >= 15 is 0 Å². The highest BCUT2D eigenvalue weighted by Crippen LogP contribution is 2.14. The zero-order chi connectivity index (χ0) is 8.69. The van der Waals surface area contributed by atoms with E-state index in [1.54, 1.807) is 6.92 Å². The SMILES string of the molecule is CCOC(=O)CCO[P+](=O)O. The Morgan fingerprint density at radius 3 is 2.73 bits per heavy atom. The van der Waals surface area contributed by atoms with Crippen molar-refractivity contribution in [1.29, 1.82) is 0 Å². The molecule has 0 spiro atoms. The van der Waals surface area contributed by atoms with Crippen molar-refractivity contribution in [3.05, 3.63) is 0 Å². The molecule has 1 N–H and O–H groups in total. The fourth-order valence-corrected chi connectivity index (χ4v) is 0.688. The quantitative estimate of drug-likeness (QED) is 0.496. The maximum Gasteiger partial charge on any atom is 0.694 e. The molecule has 0 saturated carbocycles. The predicted octanol–water partition coefficient (Wildman–Crippen LogP) is 0.606. The molecule has 11 heavy (non-hydrogen) atoms. The number of rotatable bonds is 5. The summed E-state index contributed by atoms with van der Waals surface area (Å²) in [4.78, 5) is 18.7. The minimum atomic E-state index is -2.60. The molecule has 64 valence electrons. The smallest absolute Gasteiger partial charge is 0.466 e. The molecule has 0 rings (SSSR count). The Hall–Kier alpha value is -0.510. The van der Waals surface area contributed by atoms with E-state index in [1.807, 2.05) is 0 Å². The topological polar surface area (TPSA) is 72.8 Å². The van der Waals surface area contributed by atoms with Crippen molar-refractivity contribution in [2.45, 2.75) is 13.3 Å². The summed E-state index contributed by atoms with van der Waals surface area (Å²) in [6.45, 7) is 1.92. The Labute approximate surface area is 65.3 Å². The van der Waals surface area contributed by atoms with E-state index in [0.717, 1.165) is 0 Å². The van der Waals surface area contributed by atoms with Gasteiger partial charge in [-0.15, -0.1) is 9.42 Å². The summed E-state index contributed by atoms with van der Waals surface area (Å²) in [5, 5.41) is 0. The molecule has 1 atom stereocenters. The van der Waals surface area contributed by atoms with Gasteiger partial charge in [0.2, 0.25) is 0 Å². The fourth-order valence-electron chi connectivity index (χ4n) is 0.440. The molecule has 0 aromatic heterocycles. The molecule has 0 amide bonds. The molecule has 0 aliphatic rings. The summed E-state index contributed by atoms with van der Waals surface area (Å²) in [6, 6.07) is 0. The summed E-state index contributed by atoms with van der Waals surface area (Å²) in [7, 11) is -2.60. The normalized spacial score (nSPS) is 10.9. The third-order valence-electron chi connectivity index (χ3n) is 0.813. The molecule has 0 radical (unpaired) electrons. The summed E-state index contributed by atoms with van der Waals surface area (Å²) >= 11 is 0. The first-order chi connectivity index (χ1) is 5.16. The van der Waals surface area contributed by atoms with Crippen LogP contribution in [0, 0.1) is 0 Å². The van der Waals surface area contributed by atoms with Gasteiger partial charge in [-0.3, -0.25) is 4.79 Å². The van der Waals surface area contributed by atoms with Gasteiger partial charge >= 0.3 is 14.2 Å². The Balaban J connectivity index is 3.24. The molecular formula is C5H10O5P+. The van der Waals surface area contributed by atoms with Gasteiger partial charge in [-0.2, -0.15) is 0 Å². The fraction of sp³-hybridized carbons (Fsp3) is 0.800. The third kappa shape index (κ3) is 7.39. The van der Waals surface area contributed by atoms with Gasteiger partial charge in [0, 0.05) is 4.57 Å². The maximum absolute atomic E-state index is 10.5. The molecule has 0 bridgehead atoms. The van der Waals surface area contributed by atoms with Crippen LogP contribution >= 0.6 is 8.25 Å². The van der Waals surface area contributed by atoms with Crippen molar-refractivity contribution < 1.29 is 23.5 Å². The second kappa shape index (κ2) is 6.22. The van der Waals surface area contributed by atoms with Gasteiger partial charge < -0.3 is 4.74 Å². The number of esters is 1. The average molecular weight is 181 g/mol. The zero-order valence-electron chi connectivity index (χ0n) is 6.15. The van der Waals surface area contributed by atoms with Crippen molar-refractivity contribution in [2.24, 2.45) is 0 Å². The first-order valence-electron chi connectivity index (χ1n) is 3.11. The predicted molar refractivity (Wildman–Crippen MR) is 37.0 cm³/mol. The van der Waals surface area contributed by atoms with Gasteiger partial charge in [0.25, 0.3) is 0 Å². The molecule has 0 aromatic carbocycles. The average Bonchev–Trinajstić information content (AvgIpc) is 1.87. The van der Waals surface area contributed by atoms with Crippen LogP contribution < -0.4 is 0 Å². The van der Waals surface area contributed by atoms with E-state index in [1.165, 1.54) is 0 Å². The highest BCUT2D eigenvalue weighted by atomic mass is 31.1. The van der Waals surface area contributed by atoms with Crippen LogP contribution in [0.15, 0.2) is 0 Å². The minimum Gasteiger partial charge on any atom is -0.466 e. The van der Waals surface area contributed by atoms with Crippen LogP contribution in [0.4, 0.5) is 0 Å². The minimum absolute atomic E-state index is 0.00940. The second-order valence-corrected chi connectivity index (χ2v) is 2.36. The molecule has 6 heteroatoms. The Kier molecular flexibility index (Phi) is 5.93. The van der Waals surface area contributed by atoms with E-state index in [2.05, 4.69) is 9.26 Å². The molecule has 0 heterocycles. The lowest BCUT2D eigenvalue weighted by molar-refractivity contribution is -0.143. The first-order valence-corrected chi connectivity index (χ1v) is 4.24.